The molecule has 4 aliphatic carbocycles. The van der Waals surface area contributed by atoms with Crippen LogP contribution in [0.4, 0.5) is 0 Å². The summed E-state index contributed by atoms with van der Waals surface area (Å²) < 4.78 is 23.8. The Hall–Kier alpha value is -1.23. The van der Waals surface area contributed by atoms with E-state index in [0.29, 0.717) is 24.8 Å². The molecular weight excluding hydrogens is 616 g/mol. The third-order valence-corrected chi connectivity index (χ3v) is 14.3. The molecule has 0 radical (unpaired) electrons. The van der Waals surface area contributed by atoms with Crippen molar-refractivity contribution in [2.75, 3.05) is 13.2 Å². The van der Waals surface area contributed by atoms with Gasteiger partial charge in [0.25, 0.3) is 0 Å². The van der Waals surface area contributed by atoms with Gasteiger partial charge in [-0.1, -0.05) is 26.3 Å². The Morgan fingerprint density at radius 2 is 1.70 bits per heavy atom. The molecule has 0 bridgehead atoms. The van der Waals surface area contributed by atoms with Gasteiger partial charge in [-0.05, 0) is 67.6 Å². The van der Waals surface area contributed by atoms with Gasteiger partial charge in [-0.15, -0.1) is 0 Å². The molecule has 0 aromatic carbocycles. The van der Waals surface area contributed by atoms with Gasteiger partial charge in [-0.25, -0.2) is 4.79 Å². The second-order valence-corrected chi connectivity index (χ2v) is 16.2. The van der Waals surface area contributed by atoms with Gasteiger partial charge in [0, 0.05) is 18.3 Å². The fourth-order valence-electron chi connectivity index (χ4n) is 11.8. The lowest BCUT2D eigenvalue weighted by atomic mass is 9.43. The number of rotatable bonds is 6. The lowest BCUT2D eigenvalue weighted by molar-refractivity contribution is -0.330. The van der Waals surface area contributed by atoms with Gasteiger partial charge in [-0.2, -0.15) is 0 Å². The van der Waals surface area contributed by atoms with E-state index in [0.717, 1.165) is 18.4 Å². The highest BCUT2D eigenvalue weighted by Crippen LogP contribution is 2.74. The average molecular weight is 669 g/mol. The van der Waals surface area contributed by atoms with Crippen molar-refractivity contribution in [2.24, 2.45) is 40.4 Å². The van der Waals surface area contributed by atoms with E-state index in [-0.39, 0.29) is 54.1 Å². The Morgan fingerprint density at radius 1 is 0.979 bits per heavy atom. The van der Waals surface area contributed by atoms with Crippen LogP contribution in [0, 0.1) is 40.4 Å². The first-order valence-electron chi connectivity index (χ1n) is 17.3. The molecule has 1 unspecified atom stereocenters. The van der Waals surface area contributed by atoms with Gasteiger partial charge in [0.05, 0.1) is 43.2 Å². The molecule has 7 rings (SSSR count). The van der Waals surface area contributed by atoms with Crippen molar-refractivity contribution >= 4 is 5.97 Å². The lowest BCUT2D eigenvalue weighted by Gasteiger charge is -2.62. The standard InChI is InChI=1S/C34H52O13/c1-13-7-20(44-30(43)16(13)11-35)14(2)25-19(37)9-18-15-8-24-34(47-24)29(42)21(45-31-28(41)27(40)26(39)22(12-36)46-31)10-23(38)33(34,4)17(15)5-6-32(18,25)3/h14-15,17-29,31,35-42H,5-12H2,1-4H3/t14-,15-,17+,18+,19?,20-,21+,22-,23+,24-,25+,26-,27+,28-,29+,31-,32+,33+,34+/m1/s1. The molecule has 0 aromatic heterocycles. The number of carbonyl (C=O) groups excluding carboxylic acids is 1. The molecule has 0 amide bonds. The Kier molecular flexibility index (Phi) is 8.49. The normalized spacial score (nSPS) is 56.2. The van der Waals surface area contributed by atoms with E-state index in [1.165, 1.54) is 0 Å². The van der Waals surface area contributed by atoms with Crippen molar-refractivity contribution in [3.8, 4) is 0 Å². The topological polar surface area (TPSA) is 219 Å². The molecule has 7 aliphatic rings. The van der Waals surface area contributed by atoms with E-state index < -0.39 is 84.8 Å². The van der Waals surface area contributed by atoms with E-state index in [2.05, 4.69) is 13.8 Å². The molecule has 3 heterocycles. The van der Waals surface area contributed by atoms with E-state index in [1.54, 1.807) is 0 Å². The maximum atomic E-state index is 12.7. The number of cyclic esters (lactones) is 1. The summed E-state index contributed by atoms with van der Waals surface area (Å²) in [5.41, 5.74) is -1.04. The molecule has 266 valence electrons. The van der Waals surface area contributed by atoms with E-state index in [9.17, 15) is 45.6 Å². The number of fused-ring (bicyclic) bond motifs is 4. The fraction of sp³-hybridized carbons (Fsp3) is 0.912. The summed E-state index contributed by atoms with van der Waals surface area (Å²) in [4.78, 5) is 12.7. The van der Waals surface area contributed by atoms with Crippen LogP contribution in [0.1, 0.15) is 66.2 Å². The predicted molar refractivity (Wildman–Crippen MR) is 161 cm³/mol. The van der Waals surface area contributed by atoms with Crippen molar-refractivity contribution in [1.82, 2.24) is 0 Å². The molecule has 8 N–H and O–H groups in total. The Labute approximate surface area is 274 Å². The van der Waals surface area contributed by atoms with Crippen LogP contribution in [0.2, 0.25) is 0 Å². The zero-order valence-corrected chi connectivity index (χ0v) is 27.5. The van der Waals surface area contributed by atoms with Crippen LogP contribution in [0.25, 0.3) is 0 Å². The Morgan fingerprint density at radius 3 is 2.36 bits per heavy atom. The molecule has 1 spiro atoms. The summed E-state index contributed by atoms with van der Waals surface area (Å²) in [6.45, 7) is 7.17. The molecule has 2 saturated heterocycles. The summed E-state index contributed by atoms with van der Waals surface area (Å²) in [7, 11) is 0. The smallest absolute Gasteiger partial charge is 0.336 e. The lowest BCUT2D eigenvalue weighted by Crippen LogP contribution is -2.70. The van der Waals surface area contributed by atoms with Crippen molar-refractivity contribution in [3.63, 3.8) is 0 Å². The highest BCUT2D eigenvalue weighted by atomic mass is 16.7. The van der Waals surface area contributed by atoms with E-state index in [1.807, 2.05) is 13.8 Å². The van der Waals surface area contributed by atoms with Crippen molar-refractivity contribution in [1.29, 1.82) is 0 Å². The molecule has 13 nitrogen and oxygen atoms in total. The van der Waals surface area contributed by atoms with Gasteiger partial charge in [0.2, 0.25) is 0 Å². The van der Waals surface area contributed by atoms with Crippen molar-refractivity contribution < 1.29 is 64.6 Å². The number of aliphatic hydroxyl groups excluding tert-OH is 8. The Bertz CT molecular complexity index is 1270. The number of carbonyl (C=O) groups is 1. The molecule has 19 atom stereocenters. The first-order valence-corrected chi connectivity index (χ1v) is 17.3. The average Bonchev–Trinajstić information content (AvgIpc) is 3.70. The maximum absolute atomic E-state index is 12.7. The second-order valence-electron chi connectivity index (χ2n) is 16.2. The monoisotopic (exact) mass is 668 g/mol. The van der Waals surface area contributed by atoms with Gasteiger partial charge < -0.3 is 59.8 Å². The summed E-state index contributed by atoms with van der Waals surface area (Å²) in [6, 6.07) is 0. The van der Waals surface area contributed by atoms with Crippen molar-refractivity contribution in [3.05, 3.63) is 11.1 Å². The van der Waals surface area contributed by atoms with Crippen LogP contribution in [0.15, 0.2) is 11.1 Å². The van der Waals surface area contributed by atoms with Crippen LogP contribution in [0.5, 0.6) is 0 Å². The molecular formula is C34H52O13. The first-order chi connectivity index (χ1) is 22.1. The highest BCUT2D eigenvalue weighted by molar-refractivity contribution is 5.90. The molecule has 0 aromatic rings. The fourth-order valence-corrected chi connectivity index (χ4v) is 11.8. The van der Waals surface area contributed by atoms with Crippen LogP contribution in [-0.2, 0) is 23.7 Å². The minimum absolute atomic E-state index is 0.0109. The summed E-state index contributed by atoms with van der Waals surface area (Å²) >= 11 is 0. The van der Waals surface area contributed by atoms with Crippen LogP contribution >= 0.6 is 0 Å². The number of esters is 1. The second kappa shape index (κ2) is 11.7. The zero-order valence-electron chi connectivity index (χ0n) is 27.5. The molecule has 47 heavy (non-hydrogen) atoms. The van der Waals surface area contributed by atoms with Gasteiger partial charge in [-0.3, -0.25) is 0 Å². The van der Waals surface area contributed by atoms with Gasteiger partial charge >= 0.3 is 5.97 Å². The van der Waals surface area contributed by atoms with Crippen LogP contribution in [-0.4, -0.2) is 133 Å². The summed E-state index contributed by atoms with van der Waals surface area (Å²) in [6.07, 6.45) is -8.60. The quantitative estimate of drug-likeness (QED) is 0.0982. The maximum Gasteiger partial charge on any atom is 0.336 e. The molecule has 3 aliphatic heterocycles. The molecule has 6 fully saturated rings. The van der Waals surface area contributed by atoms with Gasteiger partial charge in [0.1, 0.15) is 42.2 Å². The third-order valence-electron chi connectivity index (χ3n) is 14.3. The summed E-state index contributed by atoms with van der Waals surface area (Å²) in [5, 5.41) is 85.6. The zero-order chi connectivity index (χ0) is 34.0. The van der Waals surface area contributed by atoms with E-state index >= 15 is 0 Å². The molecule has 13 heteroatoms. The SMILES string of the molecule is CC1=C(CO)C(=O)O[C@@H]([C@@H](C)[C@H]2C(O)C[C@H]3[C@@H]4C[C@H]5O[C@]56[C@@H](O)[C@@H](O[C@@H]5O[C@H](CO)[C@@H](O)[C@H](O)[C@H]5O)C[C@H](O)[C@]6(C)[C@H]4CC[C@]23C)C1. The predicted octanol–water partition coefficient (Wildman–Crippen LogP) is -0.865. The van der Waals surface area contributed by atoms with Crippen LogP contribution in [0.3, 0.4) is 0 Å². The Balaban J connectivity index is 1.11. The number of hydrogen-bond acceptors (Lipinski definition) is 13. The minimum Gasteiger partial charge on any atom is -0.458 e. The third kappa shape index (κ3) is 4.65. The van der Waals surface area contributed by atoms with Crippen molar-refractivity contribution in [2.45, 2.75) is 139 Å². The summed E-state index contributed by atoms with van der Waals surface area (Å²) in [5.74, 6) is -0.497. The number of aliphatic hydroxyl groups is 8. The highest BCUT2D eigenvalue weighted by Gasteiger charge is 2.82. The van der Waals surface area contributed by atoms with Gasteiger partial charge in [0.15, 0.2) is 6.29 Å². The largest absolute Gasteiger partial charge is 0.458 e. The van der Waals surface area contributed by atoms with E-state index in [4.69, 9.17) is 18.9 Å². The number of epoxide rings is 1. The minimum atomic E-state index is -1.64. The first kappa shape index (κ1) is 34.2. The number of hydrogen-bond donors (Lipinski definition) is 8. The molecule has 4 saturated carbocycles. The van der Waals surface area contributed by atoms with Crippen LogP contribution < -0.4 is 0 Å². The number of ether oxygens (including phenoxy) is 4.